The third kappa shape index (κ3) is 5.37. The van der Waals surface area contributed by atoms with Crippen molar-refractivity contribution in [3.63, 3.8) is 0 Å². The van der Waals surface area contributed by atoms with E-state index in [-0.39, 0.29) is 12.7 Å². The minimum Gasteiger partial charge on any atom is -0.427 e. The zero-order valence-electron chi connectivity index (χ0n) is 14.6. The van der Waals surface area contributed by atoms with E-state index in [0.717, 1.165) is 16.7 Å². The first kappa shape index (κ1) is 20.8. The highest BCUT2D eigenvalue weighted by Gasteiger charge is 2.23. The lowest BCUT2D eigenvalue weighted by molar-refractivity contribution is 0.0993. The summed E-state index contributed by atoms with van der Waals surface area (Å²) in [4.78, 5) is 12.3. The summed E-state index contributed by atoms with van der Waals surface area (Å²) in [5.41, 5.74) is 5.43. The summed E-state index contributed by atoms with van der Waals surface area (Å²) in [7, 11) is 0. The Morgan fingerprint density at radius 2 is 1.83 bits per heavy atom. The topological polar surface area (TPSA) is 26.3 Å². The largest absolute Gasteiger partial charge is 0.427 e. The summed E-state index contributed by atoms with van der Waals surface area (Å²) in [6.45, 7) is 4.88. The zero-order chi connectivity index (χ0) is 18.1. The third-order valence-corrected chi connectivity index (χ3v) is 3.84. The lowest BCUT2D eigenvalue weighted by atomic mass is 9.64. The number of carbonyl (C=O) groups is 1. The van der Waals surface area contributed by atoms with Gasteiger partial charge < -0.3 is 4.65 Å². The second-order valence-corrected chi connectivity index (χ2v) is 5.46. The highest BCUT2D eigenvalue weighted by atomic mass is 35.5. The maximum Gasteiger partial charge on any atom is 0.324 e. The van der Waals surface area contributed by atoms with Crippen LogP contribution in [-0.4, -0.2) is 25.5 Å². The molecular weight excluding hydrogens is 342 g/mol. The Kier molecular flexibility index (Phi) is 9.13. The molecule has 24 heavy (non-hydrogen) atoms. The van der Waals surface area contributed by atoms with Gasteiger partial charge in [-0.3, -0.25) is 4.79 Å². The minimum absolute atomic E-state index is 0.138. The van der Waals surface area contributed by atoms with E-state index >= 15 is 0 Å². The van der Waals surface area contributed by atoms with Crippen LogP contribution in [0.5, 0.6) is 0 Å². The molecule has 0 radical (unpaired) electrons. The molecule has 0 saturated carbocycles. The number of hydrogen-bond donors (Lipinski definition) is 0. The van der Waals surface area contributed by atoms with E-state index < -0.39 is 0 Å². The van der Waals surface area contributed by atoms with Gasteiger partial charge in [0.2, 0.25) is 0 Å². The Morgan fingerprint density at radius 1 is 1.12 bits per heavy atom. The van der Waals surface area contributed by atoms with E-state index in [1.807, 2.05) is 37.3 Å². The molecule has 1 heterocycles. The fraction of sp³-hybridized carbons (Fsp3) is 0.316. The van der Waals surface area contributed by atoms with E-state index in [2.05, 4.69) is 42.2 Å². The number of alkyl halides is 2. The Morgan fingerprint density at radius 3 is 2.50 bits per heavy atom. The number of fused-ring (bicyclic) bond motifs is 1. The summed E-state index contributed by atoms with van der Waals surface area (Å²) in [6.07, 6.45) is 3.39. The van der Waals surface area contributed by atoms with Gasteiger partial charge in [-0.2, -0.15) is 0 Å². The number of rotatable bonds is 3. The predicted molar refractivity (Wildman–Crippen MR) is 105 cm³/mol. The summed E-state index contributed by atoms with van der Waals surface area (Å²) >= 11 is 9.28. The van der Waals surface area contributed by atoms with E-state index in [0.29, 0.717) is 13.0 Å². The molecule has 5 heteroatoms. The van der Waals surface area contributed by atoms with Crippen LogP contribution in [0.4, 0.5) is 0 Å². The first-order valence-corrected chi connectivity index (χ1v) is 9.23. The summed E-state index contributed by atoms with van der Waals surface area (Å²) in [5.74, 6) is 0.167. The van der Waals surface area contributed by atoms with Crippen molar-refractivity contribution in [1.82, 2.24) is 0 Å². The van der Waals surface area contributed by atoms with Crippen molar-refractivity contribution in [3.05, 3.63) is 64.7 Å². The Hall–Kier alpha value is -1.29. The lowest BCUT2D eigenvalue weighted by Gasteiger charge is -2.06. The monoisotopic (exact) mass is 364 g/mol. The van der Waals surface area contributed by atoms with E-state index in [4.69, 9.17) is 4.65 Å². The smallest absolute Gasteiger partial charge is 0.324 e. The van der Waals surface area contributed by atoms with Crippen LogP contribution in [0.2, 0.25) is 6.82 Å². The second kappa shape index (κ2) is 10.6. The van der Waals surface area contributed by atoms with E-state index in [9.17, 15) is 4.79 Å². The molecule has 0 aromatic heterocycles. The van der Waals surface area contributed by atoms with Crippen LogP contribution in [-0.2, 0) is 17.7 Å². The fourth-order valence-corrected chi connectivity index (χ4v) is 2.67. The lowest BCUT2D eigenvalue weighted by Crippen LogP contribution is -2.24. The highest BCUT2D eigenvalue weighted by molar-refractivity contribution is 6.67. The van der Waals surface area contributed by atoms with Gasteiger partial charge in [-0.25, -0.2) is 0 Å². The number of aryl methyl sites for hydroxylation is 1. The molecule has 0 unspecified atom stereocenters. The molecule has 2 aromatic rings. The van der Waals surface area contributed by atoms with Gasteiger partial charge in [-0.05, 0) is 29.6 Å². The number of carbonyl (C=O) groups excluding carboxylic acids is 1. The van der Waals surface area contributed by atoms with Crippen molar-refractivity contribution < 1.29 is 9.45 Å². The average Bonchev–Trinajstić information content (AvgIpc) is 2.99. The molecule has 1 aliphatic rings. The summed E-state index contributed by atoms with van der Waals surface area (Å²) in [5, 5.41) is 0. The Labute approximate surface area is 155 Å². The van der Waals surface area contributed by atoms with Crippen LogP contribution in [0.25, 0.3) is 0 Å². The van der Waals surface area contributed by atoms with Gasteiger partial charge in [0.25, 0.3) is 0 Å². The van der Waals surface area contributed by atoms with Gasteiger partial charge >= 0.3 is 6.92 Å². The second-order valence-electron chi connectivity index (χ2n) is 5.46. The molecule has 0 fully saturated rings. The Bertz CT molecular complexity index is 674. The third-order valence-electron chi connectivity index (χ3n) is 3.84. The van der Waals surface area contributed by atoms with Gasteiger partial charge in [-0.15, -0.1) is 23.2 Å². The SMILES string of the molecule is CB1OCc2ccc(CC(=O)c3cccc(C)c3)cc21.CCl.CCl. The van der Waals surface area contributed by atoms with E-state index in [1.165, 1.54) is 23.8 Å². The minimum atomic E-state index is 0.138. The molecule has 0 saturated heterocycles. The molecule has 0 aliphatic carbocycles. The quantitative estimate of drug-likeness (QED) is 0.455. The number of benzene rings is 2. The molecule has 128 valence electrons. The number of halogens is 2. The van der Waals surface area contributed by atoms with Gasteiger partial charge in [0.05, 0.1) is 6.61 Å². The number of hydrogen-bond acceptors (Lipinski definition) is 2. The maximum atomic E-state index is 12.3. The van der Waals surface area contributed by atoms with Crippen LogP contribution in [0.3, 0.4) is 0 Å². The first-order chi connectivity index (χ1) is 11.6. The van der Waals surface area contributed by atoms with Gasteiger partial charge in [0, 0.05) is 24.8 Å². The van der Waals surface area contributed by atoms with Crippen molar-refractivity contribution >= 4 is 41.4 Å². The van der Waals surface area contributed by atoms with Crippen molar-refractivity contribution in [2.45, 2.75) is 26.8 Å². The van der Waals surface area contributed by atoms with Crippen LogP contribution in [0, 0.1) is 6.92 Å². The normalized spacial score (nSPS) is 11.7. The molecule has 0 N–H and O–H groups in total. The van der Waals surface area contributed by atoms with Crippen LogP contribution in [0.1, 0.15) is 27.0 Å². The van der Waals surface area contributed by atoms with Crippen LogP contribution >= 0.6 is 23.2 Å². The summed E-state index contributed by atoms with van der Waals surface area (Å²) in [6, 6.07) is 14.0. The maximum absolute atomic E-state index is 12.3. The van der Waals surface area contributed by atoms with Crippen LogP contribution in [0.15, 0.2) is 42.5 Å². The molecule has 1 aliphatic heterocycles. The summed E-state index contributed by atoms with van der Waals surface area (Å²) < 4.78 is 5.60. The van der Waals surface area contributed by atoms with Gasteiger partial charge in [-0.1, -0.05) is 48.8 Å². The molecule has 2 aromatic carbocycles. The first-order valence-electron chi connectivity index (χ1n) is 7.72. The van der Waals surface area contributed by atoms with Crippen molar-refractivity contribution in [2.24, 2.45) is 0 Å². The highest BCUT2D eigenvalue weighted by Crippen LogP contribution is 2.14. The Balaban J connectivity index is 0.000000671. The van der Waals surface area contributed by atoms with Gasteiger partial charge in [0.15, 0.2) is 5.78 Å². The molecule has 3 rings (SSSR count). The fourth-order valence-electron chi connectivity index (χ4n) is 2.67. The zero-order valence-corrected chi connectivity index (χ0v) is 16.1. The number of ketones is 1. The molecule has 0 atom stereocenters. The standard InChI is InChI=1S/C17H17BO2.2CH3Cl/c1-12-4-3-5-14(8-12)17(19)10-13-6-7-15-11-20-18(2)16(15)9-13;2*1-2/h3-9H,10-11H2,1-2H3;2*1H3. The molecular formula is C19H23BCl2O2. The van der Waals surface area contributed by atoms with Crippen molar-refractivity contribution in [3.8, 4) is 0 Å². The van der Waals surface area contributed by atoms with Crippen LogP contribution < -0.4 is 5.46 Å². The molecule has 0 amide bonds. The molecule has 2 nitrogen and oxygen atoms in total. The van der Waals surface area contributed by atoms with Crippen molar-refractivity contribution in [1.29, 1.82) is 0 Å². The van der Waals surface area contributed by atoms with Gasteiger partial charge in [0.1, 0.15) is 0 Å². The molecule has 0 bridgehead atoms. The van der Waals surface area contributed by atoms with Crippen molar-refractivity contribution in [2.75, 3.05) is 12.8 Å². The molecule has 0 spiro atoms. The van der Waals surface area contributed by atoms with E-state index in [1.54, 1.807) is 0 Å². The predicted octanol–water partition coefficient (Wildman–Crippen LogP) is 4.49. The average molecular weight is 365 g/mol. The number of Topliss-reactive ketones (excluding diaryl/α,β-unsaturated/α-hetero) is 1.